The third-order valence-electron chi connectivity index (χ3n) is 2.11. The van der Waals surface area contributed by atoms with Gasteiger partial charge in [0.15, 0.2) is 0 Å². The molecule has 0 amide bonds. The monoisotopic (exact) mass is 251 g/mol. The molecule has 18 heavy (non-hydrogen) atoms. The summed E-state index contributed by atoms with van der Waals surface area (Å²) < 4.78 is 5.46. The van der Waals surface area contributed by atoms with Crippen molar-refractivity contribution in [3.63, 3.8) is 0 Å². The van der Waals surface area contributed by atoms with Crippen molar-refractivity contribution in [1.82, 2.24) is 9.78 Å². The molecule has 0 spiro atoms. The molecule has 0 fully saturated rings. The number of rotatable bonds is 3. The Labute approximate surface area is 97.9 Å². The van der Waals surface area contributed by atoms with Crippen LogP contribution in [0.5, 0.6) is 0 Å². The largest absolute Gasteiger partial charge is 0.411 e. The van der Waals surface area contributed by atoms with Gasteiger partial charge in [0.1, 0.15) is 5.69 Å². The zero-order chi connectivity index (χ0) is 13.3. The standard InChI is InChI=1S/C8H5N5O5/c9-8-11(10-4-18-8)6-2-1-5(12(14)15)3-7(6)13(16)17/h1-4,9H. The lowest BCUT2D eigenvalue weighted by atomic mass is 10.2. The number of hydrogen-bond acceptors (Lipinski definition) is 7. The first kappa shape index (κ1) is 11.4. The molecule has 1 aromatic heterocycles. The molecular weight excluding hydrogens is 246 g/mol. The molecule has 0 saturated heterocycles. The highest BCUT2D eigenvalue weighted by Crippen LogP contribution is 2.26. The fourth-order valence-electron chi connectivity index (χ4n) is 1.35. The van der Waals surface area contributed by atoms with Crippen LogP contribution in [0, 0.1) is 25.6 Å². The predicted molar refractivity (Wildman–Crippen MR) is 55.0 cm³/mol. The van der Waals surface area contributed by atoms with Crippen LogP contribution in [0.4, 0.5) is 11.4 Å². The van der Waals surface area contributed by atoms with Crippen molar-refractivity contribution in [1.29, 1.82) is 5.41 Å². The second-order valence-electron chi connectivity index (χ2n) is 3.14. The maximum Gasteiger partial charge on any atom is 0.317 e. The molecule has 10 heteroatoms. The minimum atomic E-state index is -0.788. The van der Waals surface area contributed by atoms with Gasteiger partial charge in [-0.15, -0.1) is 5.10 Å². The topological polar surface area (TPSA) is 141 Å². The third kappa shape index (κ3) is 1.81. The van der Waals surface area contributed by atoms with Crippen molar-refractivity contribution in [2.24, 2.45) is 0 Å². The maximum atomic E-state index is 10.9. The second-order valence-corrected chi connectivity index (χ2v) is 3.14. The van der Waals surface area contributed by atoms with E-state index in [2.05, 4.69) is 9.52 Å². The first-order chi connectivity index (χ1) is 8.50. The van der Waals surface area contributed by atoms with E-state index in [1.807, 2.05) is 0 Å². The Balaban J connectivity index is 2.69. The summed E-state index contributed by atoms with van der Waals surface area (Å²) >= 11 is 0. The fraction of sp³-hybridized carbons (Fsp3) is 0. The number of benzene rings is 1. The highest BCUT2D eigenvalue weighted by Gasteiger charge is 2.21. The summed E-state index contributed by atoms with van der Waals surface area (Å²) in [7, 11) is 0. The Morgan fingerprint density at radius 1 is 1.28 bits per heavy atom. The number of nitrogens with one attached hydrogen (secondary N) is 1. The molecule has 0 aliphatic rings. The normalized spacial score (nSPS) is 10.2. The smallest absolute Gasteiger partial charge is 0.317 e. The van der Waals surface area contributed by atoms with Gasteiger partial charge in [-0.1, -0.05) is 0 Å². The fourth-order valence-corrected chi connectivity index (χ4v) is 1.35. The summed E-state index contributed by atoms with van der Waals surface area (Å²) in [5.41, 5.74) is -1.45. The lowest BCUT2D eigenvalue weighted by Crippen LogP contribution is -2.15. The van der Waals surface area contributed by atoms with E-state index in [0.717, 1.165) is 29.3 Å². The van der Waals surface area contributed by atoms with E-state index in [1.165, 1.54) is 0 Å². The number of non-ortho nitro benzene ring substituents is 1. The molecule has 1 N–H and O–H groups in total. The van der Waals surface area contributed by atoms with Crippen LogP contribution in [0.1, 0.15) is 0 Å². The van der Waals surface area contributed by atoms with Gasteiger partial charge in [0.25, 0.3) is 5.69 Å². The van der Waals surface area contributed by atoms with Crippen LogP contribution in [0.3, 0.4) is 0 Å². The maximum absolute atomic E-state index is 10.9. The van der Waals surface area contributed by atoms with E-state index in [0.29, 0.717) is 0 Å². The summed E-state index contributed by atoms with van der Waals surface area (Å²) in [6.45, 7) is 0. The third-order valence-corrected chi connectivity index (χ3v) is 2.11. The summed E-state index contributed by atoms with van der Waals surface area (Å²) in [5, 5.41) is 32.3. The molecule has 0 aliphatic heterocycles. The van der Waals surface area contributed by atoms with Crippen LogP contribution in [-0.4, -0.2) is 19.6 Å². The molecule has 0 aliphatic carbocycles. The van der Waals surface area contributed by atoms with Crippen LogP contribution < -0.4 is 5.68 Å². The van der Waals surface area contributed by atoms with Crippen molar-refractivity contribution < 1.29 is 14.3 Å². The first-order valence-corrected chi connectivity index (χ1v) is 4.51. The Morgan fingerprint density at radius 3 is 2.50 bits per heavy atom. The van der Waals surface area contributed by atoms with Gasteiger partial charge < -0.3 is 4.42 Å². The molecule has 1 aromatic carbocycles. The zero-order valence-electron chi connectivity index (χ0n) is 8.64. The van der Waals surface area contributed by atoms with Gasteiger partial charge >= 0.3 is 11.4 Å². The summed E-state index contributed by atoms with van der Waals surface area (Å²) in [4.78, 5) is 19.9. The molecule has 0 saturated carbocycles. The van der Waals surface area contributed by atoms with Crippen LogP contribution in [0.2, 0.25) is 0 Å². The minimum absolute atomic E-state index is 0.0793. The van der Waals surface area contributed by atoms with E-state index >= 15 is 0 Å². The Kier molecular flexibility index (Phi) is 2.60. The second kappa shape index (κ2) is 4.08. The van der Waals surface area contributed by atoms with Gasteiger partial charge in [-0.05, 0) is 6.07 Å². The van der Waals surface area contributed by atoms with Crippen molar-refractivity contribution in [3.8, 4) is 5.69 Å². The molecule has 10 nitrogen and oxygen atoms in total. The van der Waals surface area contributed by atoms with E-state index < -0.39 is 26.9 Å². The van der Waals surface area contributed by atoms with Crippen LogP contribution in [0.15, 0.2) is 29.0 Å². The molecule has 92 valence electrons. The molecular formula is C8H5N5O5. The Hall–Kier alpha value is -3.04. The highest BCUT2D eigenvalue weighted by molar-refractivity contribution is 5.57. The number of nitro groups is 2. The summed E-state index contributed by atoms with van der Waals surface area (Å²) in [6.07, 6.45) is 0.938. The Bertz CT molecular complexity index is 687. The van der Waals surface area contributed by atoms with Crippen molar-refractivity contribution in [2.45, 2.75) is 0 Å². The molecule has 0 unspecified atom stereocenters. The molecule has 2 aromatic rings. The summed E-state index contributed by atoms with van der Waals surface area (Å²) in [6, 6.07) is 3.02. The van der Waals surface area contributed by atoms with Crippen molar-refractivity contribution in [3.05, 3.63) is 50.5 Å². The number of aromatic nitrogens is 2. The average Bonchev–Trinajstić information content (AvgIpc) is 2.74. The quantitative estimate of drug-likeness (QED) is 0.630. The average molecular weight is 251 g/mol. The molecule has 0 atom stereocenters. The van der Waals surface area contributed by atoms with E-state index in [-0.39, 0.29) is 5.69 Å². The zero-order valence-corrected chi connectivity index (χ0v) is 8.64. The van der Waals surface area contributed by atoms with Crippen LogP contribution in [-0.2, 0) is 0 Å². The van der Waals surface area contributed by atoms with E-state index in [9.17, 15) is 20.2 Å². The van der Waals surface area contributed by atoms with Crippen molar-refractivity contribution >= 4 is 11.4 Å². The lowest BCUT2D eigenvalue weighted by molar-refractivity contribution is -0.394. The predicted octanol–water partition coefficient (Wildman–Crippen LogP) is 0.761. The molecule has 1 heterocycles. The number of nitro benzene ring substituents is 2. The van der Waals surface area contributed by atoms with Crippen LogP contribution >= 0.6 is 0 Å². The van der Waals surface area contributed by atoms with Crippen molar-refractivity contribution in [2.75, 3.05) is 0 Å². The highest BCUT2D eigenvalue weighted by atomic mass is 16.6. The first-order valence-electron chi connectivity index (χ1n) is 4.51. The lowest BCUT2D eigenvalue weighted by Gasteiger charge is -2.00. The van der Waals surface area contributed by atoms with Gasteiger partial charge in [0, 0.05) is 6.07 Å². The molecule has 2 rings (SSSR count). The Morgan fingerprint density at radius 2 is 2.00 bits per heavy atom. The van der Waals surface area contributed by atoms with Gasteiger partial charge in [0.05, 0.1) is 15.9 Å². The SMILES string of the molecule is N=c1ocnn1-c1ccc([N+](=O)[O-])cc1[N+](=O)[O-]. The number of hydrogen-bond donors (Lipinski definition) is 1. The molecule has 0 bridgehead atoms. The van der Waals surface area contributed by atoms with Gasteiger partial charge in [-0.25, -0.2) is 5.41 Å². The van der Waals surface area contributed by atoms with Gasteiger partial charge in [-0.3, -0.25) is 20.2 Å². The van der Waals surface area contributed by atoms with Crippen LogP contribution in [0.25, 0.3) is 5.69 Å². The van der Waals surface area contributed by atoms with E-state index in [1.54, 1.807) is 0 Å². The number of nitrogens with zero attached hydrogens (tertiary/aromatic N) is 4. The summed E-state index contributed by atoms with van der Waals surface area (Å²) in [5.74, 6) is 0. The van der Waals surface area contributed by atoms with Gasteiger partial charge in [0.2, 0.25) is 6.39 Å². The van der Waals surface area contributed by atoms with Gasteiger partial charge in [-0.2, -0.15) is 4.68 Å². The minimum Gasteiger partial charge on any atom is -0.411 e. The van der Waals surface area contributed by atoms with E-state index in [4.69, 9.17) is 5.41 Å². The molecule has 0 radical (unpaired) electrons.